The lowest BCUT2D eigenvalue weighted by atomic mass is 10.1. The Bertz CT molecular complexity index is 884. The highest BCUT2D eigenvalue weighted by Crippen LogP contribution is 2.18. The van der Waals surface area contributed by atoms with Gasteiger partial charge in [0.1, 0.15) is 5.75 Å². The normalized spacial score (nSPS) is 10.4. The molecule has 3 N–H and O–H groups in total. The molecule has 30 heavy (non-hydrogen) atoms. The molecule has 0 spiro atoms. The van der Waals surface area contributed by atoms with Crippen LogP contribution in [0.25, 0.3) is 0 Å². The standard InChI is InChI=1S/C23H29N3O3S/c1-4-5-8-14-29-20-13-7-6-12-19(20)22(28)26-23(30)25-18-11-9-10-17(15-18)21(27)24-16(2)3/h6-7,9-13,15-16H,4-5,8,14H2,1-3H3,(H,24,27)(H2,25,26,28,30). The predicted octanol–water partition coefficient (Wildman–Crippen LogP) is 4.52. The lowest BCUT2D eigenvalue weighted by Crippen LogP contribution is -2.34. The quantitative estimate of drug-likeness (QED) is 0.405. The van der Waals surface area contributed by atoms with Crippen molar-refractivity contribution in [2.24, 2.45) is 0 Å². The Morgan fingerprint density at radius 3 is 2.53 bits per heavy atom. The molecule has 2 aromatic rings. The van der Waals surface area contributed by atoms with E-state index in [0.29, 0.717) is 29.2 Å². The van der Waals surface area contributed by atoms with Gasteiger partial charge in [0.2, 0.25) is 0 Å². The molecule has 0 saturated carbocycles. The monoisotopic (exact) mass is 427 g/mol. The molecule has 0 aliphatic carbocycles. The molecule has 7 heteroatoms. The van der Waals surface area contributed by atoms with Crippen LogP contribution in [0.5, 0.6) is 5.75 Å². The van der Waals surface area contributed by atoms with E-state index in [4.69, 9.17) is 17.0 Å². The number of hydrogen-bond acceptors (Lipinski definition) is 4. The maximum absolute atomic E-state index is 12.7. The van der Waals surface area contributed by atoms with E-state index in [1.165, 1.54) is 0 Å². The van der Waals surface area contributed by atoms with Gasteiger partial charge in [-0.05, 0) is 62.8 Å². The van der Waals surface area contributed by atoms with Crippen molar-refractivity contribution in [3.63, 3.8) is 0 Å². The Balaban J connectivity index is 1.99. The van der Waals surface area contributed by atoms with Crippen LogP contribution in [0, 0.1) is 0 Å². The van der Waals surface area contributed by atoms with E-state index in [1.54, 1.807) is 42.5 Å². The van der Waals surface area contributed by atoms with Crippen LogP contribution in [0.1, 0.15) is 60.7 Å². The summed E-state index contributed by atoms with van der Waals surface area (Å²) in [6.45, 7) is 6.49. The van der Waals surface area contributed by atoms with E-state index in [1.807, 2.05) is 19.9 Å². The molecular formula is C23H29N3O3S. The molecule has 0 aromatic heterocycles. The number of anilines is 1. The van der Waals surface area contributed by atoms with Crippen LogP contribution >= 0.6 is 12.2 Å². The molecule has 2 rings (SSSR count). The van der Waals surface area contributed by atoms with Crippen molar-refractivity contribution in [2.75, 3.05) is 11.9 Å². The van der Waals surface area contributed by atoms with Gasteiger partial charge in [-0.2, -0.15) is 0 Å². The van der Waals surface area contributed by atoms with Crippen molar-refractivity contribution in [1.82, 2.24) is 10.6 Å². The number of thiocarbonyl (C=S) groups is 1. The number of nitrogens with one attached hydrogen (secondary N) is 3. The van der Waals surface area contributed by atoms with Gasteiger partial charge in [0.15, 0.2) is 5.11 Å². The minimum atomic E-state index is -0.354. The number of hydrogen-bond donors (Lipinski definition) is 3. The molecule has 0 saturated heterocycles. The number of para-hydroxylation sites is 1. The zero-order valence-corrected chi connectivity index (χ0v) is 18.5. The Hall–Kier alpha value is -2.93. The highest BCUT2D eigenvalue weighted by molar-refractivity contribution is 7.80. The number of benzene rings is 2. The molecule has 160 valence electrons. The maximum Gasteiger partial charge on any atom is 0.261 e. The van der Waals surface area contributed by atoms with Crippen LogP contribution in [-0.4, -0.2) is 29.6 Å². The van der Waals surface area contributed by atoms with Crippen LogP contribution in [0.15, 0.2) is 48.5 Å². The third kappa shape index (κ3) is 7.48. The zero-order valence-electron chi connectivity index (χ0n) is 17.7. The van der Waals surface area contributed by atoms with Gasteiger partial charge in [0, 0.05) is 17.3 Å². The van der Waals surface area contributed by atoms with Gasteiger partial charge in [-0.15, -0.1) is 0 Å². The number of carbonyl (C=O) groups excluding carboxylic acids is 2. The van der Waals surface area contributed by atoms with E-state index in [9.17, 15) is 9.59 Å². The van der Waals surface area contributed by atoms with Crippen molar-refractivity contribution < 1.29 is 14.3 Å². The number of amides is 2. The topological polar surface area (TPSA) is 79.5 Å². The second-order valence-corrected chi connectivity index (χ2v) is 7.58. The van der Waals surface area contributed by atoms with Gasteiger partial charge in [-0.3, -0.25) is 14.9 Å². The Labute approximate surface area is 183 Å². The lowest BCUT2D eigenvalue weighted by Gasteiger charge is -2.14. The highest BCUT2D eigenvalue weighted by Gasteiger charge is 2.14. The summed E-state index contributed by atoms with van der Waals surface area (Å²) in [5.41, 5.74) is 1.54. The molecule has 2 aromatic carbocycles. The first-order valence-electron chi connectivity index (χ1n) is 10.2. The van der Waals surface area contributed by atoms with E-state index < -0.39 is 0 Å². The maximum atomic E-state index is 12.7. The molecule has 0 aliphatic heterocycles. The summed E-state index contributed by atoms with van der Waals surface area (Å²) in [5, 5.41) is 8.60. The average molecular weight is 428 g/mol. The minimum Gasteiger partial charge on any atom is -0.493 e. The molecule has 0 aliphatic rings. The summed E-state index contributed by atoms with van der Waals surface area (Å²) in [6, 6.07) is 14.0. The van der Waals surface area contributed by atoms with Gasteiger partial charge < -0.3 is 15.4 Å². The van der Waals surface area contributed by atoms with Crippen molar-refractivity contribution >= 4 is 34.8 Å². The van der Waals surface area contributed by atoms with Gasteiger partial charge in [-0.25, -0.2) is 0 Å². The van der Waals surface area contributed by atoms with Crippen LogP contribution < -0.4 is 20.7 Å². The molecule has 0 fully saturated rings. The Morgan fingerprint density at radius 2 is 1.80 bits per heavy atom. The van der Waals surface area contributed by atoms with Crippen LogP contribution in [-0.2, 0) is 0 Å². The first-order chi connectivity index (χ1) is 14.4. The summed E-state index contributed by atoms with van der Waals surface area (Å²) >= 11 is 5.27. The van der Waals surface area contributed by atoms with Crippen LogP contribution in [0.3, 0.4) is 0 Å². The fraction of sp³-hybridized carbons (Fsp3) is 0.348. The Kier molecular flexibility index (Phi) is 9.28. The summed E-state index contributed by atoms with van der Waals surface area (Å²) < 4.78 is 5.76. The average Bonchev–Trinajstić information content (AvgIpc) is 2.71. The molecule has 6 nitrogen and oxygen atoms in total. The molecule has 0 atom stereocenters. The van der Waals surface area contributed by atoms with Crippen LogP contribution in [0.2, 0.25) is 0 Å². The van der Waals surface area contributed by atoms with Crippen LogP contribution in [0.4, 0.5) is 5.69 Å². The molecule has 0 heterocycles. The smallest absolute Gasteiger partial charge is 0.261 e. The Morgan fingerprint density at radius 1 is 1.03 bits per heavy atom. The predicted molar refractivity (Wildman–Crippen MR) is 124 cm³/mol. The fourth-order valence-electron chi connectivity index (χ4n) is 2.73. The van der Waals surface area contributed by atoms with E-state index in [0.717, 1.165) is 19.3 Å². The first kappa shape index (κ1) is 23.3. The van der Waals surface area contributed by atoms with Crippen molar-refractivity contribution in [3.8, 4) is 5.75 Å². The molecule has 2 amide bonds. The van der Waals surface area contributed by atoms with E-state index >= 15 is 0 Å². The zero-order chi connectivity index (χ0) is 21.9. The summed E-state index contributed by atoms with van der Waals surface area (Å²) in [7, 11) is 0. The second-order valence-electron chi connectivity index (χ2n) is 7.17. The minimum absolute atomic E-state index is 0.0405. The number of unbranched alkanes of at least 4 members (excludes halogenated alkanes) is 2. The molecule has 0 unspecified atom stereocenters. The second kappa shape index (κ2) is 11.9. The van der Waals surface area contributed by atoms with Gasteiger partial charge in [0.25, 0.3) is 11.8 Å². The first-order valence-corrected chi connectivity index (χ1v) is 10.6. The number of carbonyl (C=O) groups is 2. The van der Waals surface area contributed by atoms with Gasteiger partial charge in [-0.1, -0.05) is 38.0 Å². The van der Waals surface area contributed by atoms with E-state index in [2.05, 4.69) is 22.9 Å². The molecule has 0 bridgehead atoms. The van der Waals surface area contributed by atoms with Gasteiger partial charge in [0.05, 0.1) is 12.2 Å². The fourth-order valence-corrected chi connectivity index (χ4v) is 2.94. The van der Waals surface area contributed by atoms with Crippen molar-refractivity contribution in [2.45, 2.75) is 46.1 Å². The largest absolute Gasteiger partial charge is 0.493 e. The highest BCUT2D eigenvalue weighted by atomic mass is 32.1. The third-order valence-corrected chi connectivity index (χ3v) is 4.37. The third-order valence-electron chi connectivity index (χ3n) is 4.17. The summed E-state index contributed by atoms with van der Waals surface area (Å²) in [4.78, 5) is 24.8. The van der Waals surface area contributed by atoms with E-state index in [-0.39, 0.29) is 23.0 Å². The number of ether oxygens (including phenoxy) is 1. The van der Waals surface area contributed by atoms with Gasteiger partial charge >= 0.3 is 0 Å². The molecule has 0 radical (unpaired) electrons. The summed E-state index contributed by atoms with van der Waals surface area (Å²) in [6.07, 6.45) is 3.12. The SMILES string of the molecule is CCCCCOc1ccccc1C(=O)NC(=S)Nc1cccc(C(=O)NC(C)C)c1. The number of rotatable bonds is 9. The van der Waals surface area contributed by atoms with Crippen molar-refractivity contribution in [3.05, 3.63) is 59.7 Å². The summed E-state index contributed by atoms with van der Waals surface area (Å²) in [5.74, 6) is 0.00584. The lowest BCUT2D eigenvalue weighted by molar-refractivity contribution is 0.0940. The van der Waals surface area contributed by atoms with Crippen molar-refractivity contribution in [1.29, 1.82) is 0 Å². The molecular weight excluding hydrogens is 398 g/mol.